The number of carbonyl (C=O) groups is 3. The van der Waals surface area contributed by atoms with Gasteiger partial charge in [0.15, 0.2) is 0 Å². The lowest BCUT2D eigenvalue weighted by atomic mass is 10.2. The molecule has 0 unspecified atom stereocenters. The fraction of sp³-hybridized carbons (Fsp3) is 0.423. The molecule has 0 atom stereocenters. The molecule has 0 radical (unpaired) electrons. The van der Waals surface area contributed by atoms with Crippen molar-refractivity contribution in [2.45, 2.75) is 65.8 Å². The second-order valence-electron chi connectivity index (χ2n) is 10.0. The van der Waals surface area contributed by atoms with Crippen LogP contribution in [0.25, 0.3) is 0 Å². The minimum atomic E-state index is -0.667. The topological polar surface area (TPSA) is 128 Å². The molecule has 0 aromatic heterocycles. The summed E-state index contributed by atoms with van der Waals surface area (Å²) in [6, 6.07) is 14.4. The van der Waals surface area contributed by atoms with Gasteiger partial charge in [-0.1, -0.05) is 24.3 Å². The number of benzene rings is 2. The lowest BCUT2D eigenvalue weighted by Crippen LogP contribution is -2.35. The lowest BCUT2D eigenvalue weighted by molar-refractivity contribution is -0.118. The number of nitrogens with two attached hydrogens (primary N) is 2. The molecule has 9 nitrogen and oxygen atoms in total. The number of nitrogens with zero attached hydrogens (tertiary/aromatic N) is 2. The van der Waals surface area contributed by atoms with Crippen molar-refractivity contribution in [2.75, 3.05) is 18.5 Å². The summed E-state index contributed by atoms with van der Waals surface area (Å²) in [7, 11) is 1.71. The van der Waals surface area contributed by atoms with Gasteiger partial charge in [0.2, 0.25) is 6.41 Å². The van der Waals surface area contributed by atoms with E-state index in [9.17, 15) is 14.4 Å². The Morgan fingerprint density at radius 2 is 1.34 bits per heavy atom. The SMILES string of the molecule is CC(C)(C)OC(=O)N(C=O)Cc1cccc(N)c1.CN(Cc1ccc(N)cc1)C(=O)OC(C)(C)C. The lowest BCUT2D eigenvalue weighted by Gasteiger charge is -2.24. The molecule has 4 N–H and O–H groups in total. The number of carbonyl (C=O) groups excluding carboxylic acids is 3. The summed E-state index contributed by atoms with van der Waals surface area (Å²) in [6.07, 6.45) is -0.536. The molecule has 2 aromatic rings. The van der Waals surface area contributed by atoms with Gasteiger partial charge in [0.05, 0.1) is 6.54 Å². The summed E-state index contributed by atoms with van der Waals surface area (Å²) in [5.74, 6) is 0. The molecule has 3 amide bonds. The number of amides is 3. The van der Waals surface area contributed by atoms with Crippen molar-refractivity contribution in [1.82, 2.24) is 9.80 Å². The average Bonchev–Trinajstić information content (AvgIpc) is 2.71. The highest BCUT2D eigenvalue weighted by Crippen LogP contribution is 2.14. The van der Waals surface area contributed by atoms with Crippen LogP contribution in [0.2, 0.25) is 0 Å². The molecule has 9 heteroatoms. The van der Waals surface area contributed by atoms with Crippen molar-refractivity contribution in [2.24, 2.45) is 0 Å². The molecule has 0 spiro atoms. The normalized spacial score (nSPS) is 10.9. The molecule has 0 fully saturated rings. The maximum Gasteiger partial charge on any atom is 0.417 e. The molecule has 2 aromatic carbocycles. The zero-order valence-corrected chi connectivity index (χ0v) is 21.7. The zero-order valence-electron chi connectivity index (χ0n) is 21.7. The van der Waals surface area contributed by atoms with E-state index >= 15 is 0 Å². The number of hydrogen-bond donors (Lipinski definition) is 2. The van der Waals surface area contributed by atoms with Gasteiger partial charge in [-0.2, -0.15) is 0 Å². The first-order valence-electron chi connectivity index (χ1n) is 11.2. The number of anilines is 2. The van der Waals surface area contributed by atoms with Gasteiger partial charge in [-0.15, -0.1) is 0 Å². The van der Waals surface area contributed by atoms with Gasteiger partial charge in [0.25, 0.3) is 0 Å². The summed E-state index contributed by atoms with van der Waals surface area (Å²) < 4.78 is 10.4. The van der Waals surface area contributed by atoms with Gasteiger partial charge in [-0.3, -0.25) is 4.79 Å². The predicted octanol–water partition coefficient (Wildman–Crippen LogP) is 4.80. The van der Waals surface area contributed by atoms with E-state index in [1.54, 1.807) is 52.1 Å². The van der Waals surface area contributed by atoms with Crippen LogP contribution >= 0.6 is 0 Å². The zero-order chi connectivity index (χ0) is 26.8. The van der Waals surface area contributed by atoms with Crippen molar-refractivity contribution < 1.29 is 23.9 Å². The molecule has 0 aliphatic heterocycles. The van der Waals surface area contributed by atoms with Crippen LogP contribution in [0.5, 0.6) is 0 Å². The largest absolute Gasteiger partial charge is 0.444 e. The van der Waals surface area contributed by atoms with Crippen LogP contribution < -0.4 is 11.5 Å². The summed E-state index contributed by atoms with van der Waals surface area (Å²) in [6.45, 7) is 11.4. The van der Waals surface area contributed by atoms with E-state index in [-0.39, 0.29) is 12.6 Å². The van der Waals surface area contributed by atoms with E-state index in [1.165, 1.54) is 4.90 Å². The second kappa shape index (κ2) is 12.6. The van der Waals surface area contributed by atoms with Gasteiger partial charge < -0.3 is 25.8 Å². The van der Waals surface area contributed by atoms with E-state index in [4.69, 9.17) is 20.9 Å². The Labute approximate surface area is 208 Å². The van der Waals surface area contributed by atoms with Gasteiger partial charge in [0.1, 0.15) is 11.2 Å². The molecule has 0 saturated carbocycles. The molecule has 0 aliphatic carbocycles. The summed E-state index contributed by atoms with van der Waals surface area (Å²) >= 11 is 0. The highest BCUT2D eigenvalue weighted by Gasteiger charge is 2.22. The molecule has 35 heavy (non-hydrogen) atoms. The van der Waals surface area contributed by atoms with Crippen molar-refractivity contribution in [3.8, 4) is 0 Å². The first-order valence-corrected chi connectivity index (χ1v) is 11.2. The Morgan fingerprint density at radius 3 is 1.83 bits per heavy atom. The van der Waals surface area contributed by atoms with Crippen molar-refractivity contribution in [3.63, 3.8) is 0 Å². The minimum absolute atomic E-state index is 0.142. The third kappa shape index (κ3) is 12.3. The summed E-state index contributed by atoms with van der Waals surface area (Å²) in [4.78, 5) is 36.9. The molecule has 0 bridgehead atoms. The van der Waals surface area contributed by atoms with E-state index < -0.39 is 17.3 Å². The van der Waals surface area contributed by atoms with Gasteiger partial charge >= 0.3 is 12.2 Å². The summed E-state index contributed by atoms with van der Waals surface area (Å²) in [5, 5.41) is 0. The second-order valence-corrected chi connectivity index (χ2v) is 10.0. The molecule has 2 rings (SSSR count). The van der Waals surface area contributed by atoms with E-state index in [0.717, 1.165) is 16.0 Å². The van der Waals surface area contributed by atoms with Crippen LogP contribution in [0.15, 0.2) is 48.5 Å². The van der Waals surface area contributed by atoms with Crippen LogP contribution in [-0.2, 0) is 27.4 Å². The minimum Gasteiger partial charge on any atom is -0.444 e. The van der Waals surface area contributed by atoms with E-state index in [1.807, 2.05) is 45.0 Å². The third-order valence-corrected chi connectivity index (χ3v) is 4.16. The predicted molar refractivity (Wildman–Crippen MR) is 137 cm³/mol. The first kappa shape index (κ1) is 29.3. The van der Waals surface area contributed by atoms with E-state index in [0.29, 0.717) is 24.3 Å². The average molecular weight is 487 g/mol. The van der Waals surface area contributed by atoms with Crippen LogP contribution in [-0.4, -0.2) is 46.6 Å². The molecule has 0 heterocycles. The van der Waals surface area contributed by atoms with Crippen LogP contribution in [0, 0.1) is 0 Å². The first-order chi connectivity index (χ1) is 16.1. The molecular formula is C26H38N4O5. The maximum absolute atomic E-state index is 11.7. The van der Waals surface area contributed by atoms with Crippen molar-refractivity contribution in [1.29, 1.82) is 0 Å². The Bertz CT molecular complexity index is 978. The highest BCUT2D eigenvalue weighted by molar-refractivity contribution is 5.80. The fourth-order valence-corrected chi connectivity index (χ4v) is 2.65. The van der Waals surface area contributed by atoms with Crippen molar-refractivity contribution in [3.05, 3.63) is 59.7 Å². The third-order valence-electron chi connectivity index (χ3n) is 4.16. The van der Waals surface area contributed by atoms with Crippen molar-refractivity contribution >= 4 is 30.0 Å². The molecule has 192 valence electrons. The Hall–Kier alpha value is -3.75. The van der Waals surface area contributed by atoms with Crippen LogP contribution in [0.1, 0.15) is 52.7 Å². The Morgan fingerprint density at radius 1 is 0.800 bits per heavy atom. The maximum atomic E-state index is 11.7. The number of imide groups is 1. The standard InChI is InChI=1S/C13H18N2O3.C13H20N2O2/c1-13(2,3)18-12(17)15(9-16)8-10-5-4-6-11(14)7-10;1-13(2,3)17-12(16)15(4)9-10-5-7-11(14)8-6-10/h4-7,9H,8,14H2,1-3H3;5-8H,9,14H2,1-4H3. The number of ether oxygens (including phenoxy) is 2. The van der Waals surface area contributed by atoms with Gasteiger partial charge in [-0.25, -0.2) is 14.5 Å². The fourth-order valence-electron chi connectivity index (χ4n) is 2.65. The summed E-state index contributed by atoms with van der Waals surface area (Å²) in [5.41, 5.74) is 13.2. The molecule has 0 aliphatic rings. The Kier molecular flexibility index (Phi) is 10.6. The van der Waals surface area contributed by atoms with Gasteiger partial charge in [0, 0.05) is 25.0 Å². The van der Waals surface area contributed by atoms with E-state index in [2.05, 4.69) is 0 Å². The van der Waals surface area contributed by atoms with Gasteiger partial charge in [-0.05, 0) is 76.9 Å². The van der Waals surface area contributed by atoms with Crippen LogP contribution in [0.3, 0.4) is 0 Å². The smallest absolute Gasteiger partial charge is 0.417 e. The van der Waals surface area contributed by atoms with Crippen LogP contribution in [0.4, 0.5) is 21.0 Å². The quantitative estimate of drug-likeness (QED) is 0.459. The highest BCUT2D eigenvalue weighted by atomic mass is 16.6. The number of nitrogen functional groups attached to an aromatic ring is 2. The molecule has 0 saturated heterocycles. The number of hydrogen-bond acceptors (Lipinski definition) is 7. The Balaban J connectivity index is 0.000000351. The number of rotatable bonds is 5. The molecular weight excluding hydrogens is 448 g/mol. The monoisotopic (exact) mass is 486 g/mol.